The maximum absolute atomic E-state index is 12.9. The summed E-state index contributed by atoms with van der Waals surface area (Å²) in [6, 6.07) is 1.81. The van der Waals surface area contributed by atoms with Crippen LogP contribution < -0.4 is 0 Å². The van der Waals surface area contributed by atoms with Crippen LogP contribution in [0.3, 0.4) is 0 Å². The largest absolute Gasteiger partial charge is 0.274 e. The first kappa shape index (κ1) is 15.1. The number of sulfonamides is 1. The number of rotatable bonds is 3. The van der Waals surface area contributed by atoms with E-state index in [1.807, 2.05) is 19.9 Å². The molecule has 3 rings (SSSR count). The van der Waals surface area contributed by atoms with Gasteiger partial charge in [-0.1, -0.05) is 0 Å². The van der Waals surface area contributed by atoms with Gasteiger partial charge in [0.15, 0.2) is 0 Å². The first-order valence-corrected chi connectivity index (χ1v) is 8.60. The molecule has 1 aliphatic rings. The molecule has 2 aromatic rings. The summed E-state index contributed by atoms with van der Waals surface area (Å²) in [4.78, 5) is 8.97. The Hall–Kier alpha value is -1.80. The average Bonchev–Trinajstić information content (AvgIpc) is 3.06. The fourth-order valence-corrected chi connectivity index (χ4v) is 4.71. The Morgan fingerprint density at radius 1 is 1.36 bits per heavy atom. The van der Waals surface area contributed by atoms with E-state index in [-0.39, 0.29) is 4.90 Å². The molecule has 0 radical (unpaired) electrons. The first-order valence-electron chi connectivity index (χ1n) is 7.16. The molecule has 0 aromatic carbocycles. The summed E-state index contributed by atoms with van der Waals surface area (Å²) in [7, 11) is -1.92. The van der Waals surface area contributed by atoms with Crippen molar-refractivity contribution in [3.8, 4) is 0 Å². The molecule has 0 amide bonds. The van der Waals surface area contributed by atoms with E-state index >= 15 is 0 Å². The van der Waals surface area contributed by atoms with Crippen LogP contribution in [0.1, 0.15) is 31.3 Å². The van der Waals surface area contributed by atoms with Crippen LogP contribution in [-0.4, -0.2) is 39.0 Å². The van der Waals surface area contributed by atoms with Gasteiger partial charge in [-0.25, -0.2) is 18.4 Å². The standard InChI is InChI=1S/C14H19N5O2S/c1-11-5-7-15-13(17-11)14(2)6-4-8-19(14)22(20,21)12-9-16-18(3)10-12/h5,7,9-10H,4,6,8H2,1-3H3/t14-/m0/s1. The van der Waals surface area contributed by atoms with Crippen LogP contribution in [0, 0.1) is 6.92 Å². The second kappa shape index (κ2) is 5.13. The number of aryl methyl sites for hydroxylation is 2. The molecule has 7 nitrogen and oxygen atoms in total. The van der Waals surface area contributed by atoms with Crippen molar-refractivity contribution in [3.05, 3.63) is 36.2 Å². The van der Waals surface area contributed by atoms with Crippen molar-refractivity contribution >= 4 is 10.0 Å². The van der Waals surface area contributed by atoms with Crippen LogP contribution in [-0.2, 0) is 22.6 Å². The van der Waals surface area contributed by atoms with E-state index in [1.54, 1.807) is 13.2 Å². The molecule has 118 valence electrons. The highest BCUT2D eigenvalue weighted by Gasteiger charge is 2.47. The van der Waals surface area contributed by atoms with E-state index in [2.05, 4.69) is 15.1 Å². The predicted octanol–water partition coefficient (Wildman–Crippen LogP) is 1.22. The molecule has 3 heterocycles. The van der Waals surface area contributed by atoms with Crippen LogP contribution in [0.5, 0.6) is 0 Å². The van der Waals surface area contributed by atoms with E-state index in [9.17, 15) is 8.42 Å². The second-order valence-corrected chi connectivity index (χ2v) is 7.69. The zero-order chi connectivity index (χ0) is 16.0. The lowest BCUT2D eigenvalue weighted by molar-refractivity contribution is 0.254. The van der Waals surface area contributed by atoms with Gasteiger partial charge in [-0.2, -0.15) is 9.40 Å². The Kier molecular flexibility index (Phi) is 3.53. The molecule has 8 heteroatoms. The third kappa shape index (κ3) is 2.32. The maximum atomic E-state index is 12.9. The van der Waals surface area contributed by atoms with Crippen molar-refractivity contribution in [1.82, 2.24) is 24.1 Å². The van der Waals surface area contributed by atoms with E-state index in [0.717, 1.165) is 12.1 Å². The minimum Gasteiger partial charge on any atom is -0.274 e. The van der Waals surface area contributed by atoms with Crippen molar-refractivity contribution in [3.63, 3.8) is 0 Å². The van der Waals surface area contributed by atoms with E-state index < -0.39 is 15.6 Å². The van der Waals surface area contributed by atoms with Gasteiger partial charge in [0.05, 0.1) is 11.7 Å². The SMILES string of the molecule is Cc1ccnc([C@]2(C)CCCN2S(=O)(=O)c2cnn(C)c2)n1. The predicted molar refractivity (Wildman–Crippen MR) is 80.5 cm³/mol. The molecule has 0 aliphatic carbocycles. The van der Waals surface area contributed by atoms with E-state index in [1.165, 1.54) is 21.4 Å². The van der Waals surface area contributed by atoms with Crippen molar-refractivity contribution in [1.29, 1.82) is 0 Å². The number of hydrogen-bond acceptors (Lipinski definition) is 5. The lowest BCUT2D eigenvalue weighted by Crippen LogP contribution is -2.43. The van der Waals surface area contributed by atoms with Crippen LogP contribution >= 0.6 is 0 Å². The Labute approximate surface area is 130 Å². The molecule has 1 aliphatic heterocycles. The van der Waals surface area contributed by atoms with Gasteiger partial charge in [0, 0.05) is 31.7 Å². The van der Waals surface area contributed by atoms with Crippen molar-refractivity contribution < 1.29 is 8.42 Å². The Balaban J connectivity index is 2.06. The zero-order valence-electron chi connectivity index (χ0n) is 12.9. The van der Waals surface area contributed by atoms with Gasteiger partial charge in [0.1, 0.15) is 10.7 Å². The lowest BCUT2D eigenvalue weighted by Gasteiger charge is -2.32. The first-order chi connectivity index (χ1) is 10.3. The molecular weight excluding hydrogens is 302 g/mol. The summed E-state index contributed by atoms with van der Waals surface area (Å²) in [5.74, 6) is 0.553. The van der Waals surface area contributed by atoms with Crippen molar-refractivity contribution in [2.24, 2.45) is 7.05 Å². The van der Waals surface area contributed by atoms with Crippen LogP contribution in [0.4, 0.5) is 0 Å². The van der Waals surface area contributed by atoms with Gasteiger partial charge in [0.2, 0.25) is 10.0 Å². The number of aromatic nitrogens is 4. The second-order valence-electron chi connectivity index (χ2n) is 5.83. The summed E-state index contributed by atoms with van der Waals surface area (Å²) >= 11 is 0. The molecule has 22 heavy (non-hydrogen) atoms. The molecular formula is C14H19N5O2S. The van der Waals surface area contributed by atoms with Gasteiger partial charge < -0.3 is 0 Å². The fourth-order valence-electron chi connectivity index (χ4n) is 2.91. The summed E-state index contributed by atoms with van der Waals surface area (Å²) in [5.41, 5.74) is 0.109. The highest BCUT2D eigenvalue weighted by atomic mass is 32.2. The topological polar surface area (TPSA) is 81.0 Å². The average molecular weight is 321 g/mol. The van der Waals surface area contributed by atoms with Gasteiger partial charge >= 0.3 is 0 Å². The Bertz CT molecular complexity index is 801. The number of nitrogens with zero attached hydrogens (tertiary/aromatic N) is 5. The fraction of sp³-hybridized carbons (Fsp3) is 0.500. The van der Waals surface area contributed by atoms with Crippen LogP contribution in [0.15, 0.2) is 29.6 Å². The third-order valence-corrected chi connectivity index (χ3v) is 6.09. The molecule has 0 spiro atoms. The molecule has 1 fully saturated rings. The molecule has 0 bridgehead atoms. The van der Waals surface area contributed by atoms with Crippen LogP contribution in [0.2, 0.25) is 0 Å². The lowest BCUT2D eigenvalue weighted by atomic mass is 9.99. The monoisotopic (exact) mass is 321 g/mol. The van der Waals surface area contributed by atoms with Crippen molar-refractivity contribution in [2.75, 3.05) is 6.54 Å². The van der Waals surface area contributed by atoms with Gasteiger partial charge in [-0.3, -0.25) is 4.68 Å². The zero-order valence-corrected chi connectivity index (χ0v) is 13.7. The summed E-state index contributed by atoms with van der Waals surface area (Å²) < 4.78 is 28.9. The van der Waals surface area contributed by atoms with Gasteiger partial charge in [-0.05, 0) is 32.8 Å². The van der Waals surface area contributed by atoms with Gasteiger partial charge in [-0.15, -0.1) is 0 Å². The molecule has 0 unspecified atom stereocenters. The summed E-state index contributed by atoms with van der Waals surface area (Å²) in [6.45, 7) is 4.23. The minimum atomic E-state index is -3.62. The quantitative estimate of drug-likeness (QED) is 0.849. The van der Waals surface area contributed by atoms with Crippen LogP contribution in [0.25, 0.3) is 0 Å². The minimum absolute atomic E-state index is 0.204. The Morgan fingerprint density at radius 2 is 2.14 bits per heavy atom. The smallest absolute Gasteiger partial charge is 0.247 e. The third-order valence-electron chi connectivity index (χ3n) is 4.12. The molecule has 0 N–H and O–H groups in total. The summed E-state index contributed by atoms with van der Waals surface area (Å²) in [6.07, 6.45) is 6.07. The molecule has 0 saturated carbocycles. The molecule has 1 atom stereocenters. The highest BCUT2D eigenvalue weighted by molar-refractivity contribution is 7.89. The van der Waals surface area contributed by atoms with Crippen molar-refractivity contribution in [2.45, 2.75) is 37.1 Å². The number of hydrogen-bond donors (Lipinski definition) is 0. The van der Waals surface area contributed by atoms with E-state index in [4.69, 9.17) is 0 Å². The Morgan fingerprint density at radius 3 is 2.77 bits per heavy atom. The van der Waals surface area contributed by atoms with Gasteiger partial charge in [0.25, 0.3) is 0 Å². The molecule has 2 aromatic heterocycles. The van der Waals surface area contributed by atoms with E-state index in [0.29, 0.717) is 18.8 Å². The maximum Gasteiger partial charge on any atom is 0.247 e. The normalized spacial score (nSPS) is 23.0. The highest BCUT2D eigenvalue weighted by Crippen LogP contribution is 2.40. The molecule has 1 saturated heterocycles. The summed E-state index contributed by atoms with van der Waals surface area (Å²) in [5, 5.41) is 3.97.